The van der Waals surface area contributed by atoms with Crippen LogP contribution >= 0.6 is 0 Å². The molecule has 6 nitrogen and oxygen atoms in total. The van der Waals surface area contributed by atoms with Crippen LogP contribution in [0, 0.1) is 0 Å². The number of rotatable bonds is 4. The number of nitrogens with zero attached hydrogens (tertiary/aromatic N) is 3. The zero-order chi connectivity index (χ0) is 16.2. The van der Waals surface area contributed by atoms with Crippen molar-refractivity contribution < 1.29 is 9.53 Å². The fourth-order valence-corrected chi connectivity index (χ4v) is 2.67. The first kappa shape index (κ1) is 15.3. The molecule has 0 spiro atoms. The third kappa shape index (κ3) is 3.41. The summed E-state index contributed by atoms with van der Waals surface area (Å²) in [5, 5.41) is 0. The van der Waals surface area contributed by atoms with Gasteiger partial charge in [0.25, 0.3) is 5.56 Å². The van der Waals surface area contributed by atoms with Crippen molar-refractivity contribution in [3.8, 4) is 5.75 Å². The van der Waals surface area contributed by atoms with Crippen LogP contribution in [0.4, 0.5) is 0 Å². The van der Waals surface area contributed by atoms with Gasteiger partial charge in [-0.1, -0.05) is 18.2 Å². The molecule has 0 N–H and O–H groups in total. The predicted octanol–water partition coefficient (Wildman–Crippen LogP) is 1.23. The lowest BCUT2D eigenvalue weighted by Crippen LogP contribution is -2.39. The van der Waals surface area contributed by atoms with Crippen LogP contribution in [0.25, 0.3) is 0 Å². The second-order valence-electron chi connectivity index (χ2n) is 5.52. The molecule has 23 heavy (non-hydrogen) atoms. The third-order valence-electron chi connectivity index (χ3n) is 3.98. The van der Waals surface area contributed by atoms with Crippen LogP contribution in [0.5, 0.6) is 5.75 Å². The van der Waals surface area contributed by atoms with Crippen molar-refractivity contribution in [2.45, 2.75) is 26.4 Å². The van der Waals surface area contributed by atoms with Crippen LogP contribution in [0.1, 0.15) is 18.2 Å². The maximum absolute atomic E-state index is 12.5. The smallest absolute Gasteiger partial charge is 0.256 e. The lowest BCUT2D eigenvalue weighted by atomic mass is 10.1. The number of amides is 1. The Bertz CT molecular complexity index is 755. The third-order valence-corrected chi connectivity index (χ3v) is 3.98. The number of hydrogen-bond acceptors (Lipinski definition) is 4. The van der Waals surface area contributed by atoms with Crippen LogP contribution in [0.2, 0.25) is 0 Å². The van der Waals surface area contributed by atoms with Crippen molar-refractivity contribution in [1.29, 1.82) is 0 Å². The van der Waals surface area contributed by atoms with Gasteiger partial charge in [-0.25, -0.2) is 4.98 Å². The molecule has 0 radical (unpaired) electrons. The molecule has 1 aliphatic rings. The lowest BCUT2D eigenvalue weighted by Gasteiger charge is -2.26. The van der Waals surface area contributed by atoms with E-state index in [-0.39, 0.29) is 11.5 Å². The van der Waals surface area contributed by atoms with Gasteiger partial charge < -0.3 is 9.64 Å². The van der Waals surface area contributed by atoms with Gasteiger partial charge in [0, 0.05) is 19.0 Å². The van der Waals surface area contributed by atoms with Crippen molar-refractivity contribution in [2.75, 3.05) is 13.2 Å². The molecule has 2 heterocycles. The summed E-state index contributed by atoms with van der Waals surface area (Å²) in [7, 11) is 0. The topological polar surface area (TPSA) is 64.4 Å². The molecule has 0 saturated heterocycles. The molecule has 0 atom stereocenters. The van der Waals surface area contributed by atoms with Gasteiger partial charge in [0.15, 0.2) is 0 Å². The van der Waals surface area contributed by atoms with Crippen LogP contribution < -0.4 is 10.3 Å². The zero-order valence-corrected chi connectivity index (χ0v) is 13.1. The lowest BCUT2D eigenvalue weighted by molar-refractivity contribution is -0.129. The van der Waals surface area contributed by atoms with Gasteiger partial charge in [-0.05, 0) is 18.6 Å². The Kier molecular flexibility index (Phi) is 4.41. The Morgan fingerprint density at radius 1 is 1.30 bits per heavy atom. The summed E-state index contributed by atoms with van der Waals surface area (Å²) >= 11 is 0. The first-order valence-electron chi connectivity index (χ1n) is 7.65. The van der Waals surface area contributed by atoms with E-state index in [4.69, 9.17) is 4.74 Å². The second kappa shape index (κ2) is 6.64. The number of benzene rings is 1. The number of para-hydroxylation sites is 1. The van der Waals surface area contributed by atoms with Gasteiger partial charge in [0.05, 0.1) is 25.1 Å². The number of carbonyl (C=O) groups is 1. The normalized spacial score (nSPS) is 13.5. The van der Waals surface area contributed by atoms with Gasteiger partial charge in [0.1, 0.15) is 12.4 Å². The number of fused-ring (bicyclic) bond motifs is 1. The fraction of sp³-hybridized carbons (Fsp3) is 0.353. The van der Waals surface area contributed by atoms with Crippen molar-refractivity contribution >= 4 is 5.91 Å². The van der Waals surface area contributed by atoms with E-state index in [0.29, 0.717) is 43.9 Å². The molecule has 2 aromatic rings. The molecule has 0 bridgehead atoms. The van der Waals surface area contributed by atoms with Gasteiger partial charge >= 0.3 is 0 Å². The molecule has 0 fully saturated rings. The highest BCUT2D eigenvalue weighted by atomic mass is 16.5. The molecular formula is C17H19N3O3. The standard InChI is InChI=1S/C17H19N3O3/c1-13(21)19-8-7-15-16(11-19)18-12-20(17(15)22)9-10-23-14-5-3-2-4-6-14/h2-6,12H,7-11H2,1H3. The maximum atomic E-state index is 12.5. The molecule has 0 aliphatic carbocycles. The van der Waals surface area contributed by atoms with Crippen LogP contribution in [-0.4, -0.2) is 33.5 Å². The molecule has 3 rings (SSSR count). The highest BCUT2D eigenvalue weighted by molar-refractivity contribution is 5.73. The number of ether oxygens (including phenoxy) is 1. The summed E-state index contributed by atoms with van der Waals surface area (Å²) in [4.78, 5) is 30.0. The second-order valence-corrected chi connectivity index (χ2v) is 5.52. The van der Waals surface area contributed by atoms with E-state index in [2.05, 4.69) is 4.98 Å². The number of carbonyl (C=O) groups excluding carboxylic acids is 1. The van der Waals surface area contributed by atoms with E-state index < -0.39 is 0 Å². The highest BCUT2D eigenvalue weighted by Crippen LogP contribution is 2.13. The summed E-state index contributed by atoms with van der Waals surface area (Å²) in [5.41, 5.74) is 1.39. The predicted molar refractivity (Wildman–Crippen MR) is 85.2 cm³/mol. The van der Waals surface area contributed by atoms with Crippen molar-refractivity contribution in [3.63, 3.8) is 0 Å². The average molecular weight is 313 g/mol. The maximum Gasteiger partial charge on any atom is 0.256 e. The molecule has 1 amide bonds. The Hall–Kier alpha value is -2.63. The number of aromatic nitrogens is 2. The number of hydrogen-bond donors (Lipinski definition) is 0. The van der Waals surface area contributed by atoms with E-state index in [1.54, 1.807) is 15.8 Å². The summed E-state index contributed by atoms with van der Waals surface area (Å²) in [5.74, 6) is 0.793. The van der Waals surface area contributed by atoms with Gasteiger partial charge in [0.2, 0.25) is 5.91 Å². The van der Waals surface area contributed by atoms with E-state index in [0.717, 1.165) is 5.75 Å². The molecule has 1 aromatic heterocycles. The Labute approximate surface area is 134 Å². The largest absolute Gasteiger partial charge is 0.492 e. The molecule has 6 heteroatoms. The Morgan fingerprint density at radius 3 is 2.83 bits per heavy atom. The van der Waals surface area contributed by atoms with Crippen LogP contribution in [-0.2, 0) is 24.3 Å². The quantitative estimate of drug-likeness (QED) is 0.851. The van der Waals surface area contributed by atoms with Gasteiger partial charge in [-0.2, -0.15) is 0 Å². The summed E-state index contributed by atoms with van der Waals surface area (Å²) in [6, 6.07) is 9.50. The van der Waals surface area contributed by atoms with Gasteiger partial charge in [-0.3, -0.25) is 14.2 Å². The van der Waals surface area contributed by atoms with Crippen LogP contribution in [0.15, 0.2) is 41.5 Å². The average Bonchev–Trinajstić information content (AvgIpc) is 2.57. The van der Waals surface area contributed by atoms with E-state index in [1.807, 2.05) is 30.3 Å². The zero-order valence-electron chi connectivity index (χ0n) is 13.1. The highest BCUT2D eigenvalue weighted by Gasteiger charge is 2.22. The van der Waals surface area contributed by atoms with E-state index in [1.165, 1.54) is 6.92 Å². The Balaban J connectivity index is 1.68. The Morgan fingerprint density at radius 2 is 2.09 bits per heavy atom. The minimum Gasteiger partial charge on any atom is -0.492 e. The summed E-state index contributed by atoms with van der Waals surface area (Å²) in [6.45, 7) is 3.38. The van der Waals surface area contributed by atoms with E-state index in [9.17, 15) is 9.59 Å². The molecule has 0 saturated carbocycles. The molecule has 120 valence electrons. The van der Waals surface area contributed by atoms with Gasteiger partial charge in [-0.15, -0.1) is 0 Å². The summed E-state index contributed by atoms with van der Waals surface area (Å²) < 4.78 is 7.19. The van der Waals surface area contributed by atoms with Crippen LogP contribution in [0.3, 0.4) is 0 Å². The molecular weight excluding hydrogens is 294 g/mol. The monoisotopic (exact) mass is 313 g/mol. The molecule has 1 aromatic carbocycles. The minimum absolute atomic E-state index is 0.0119. The summed E-state index contributed by atoms with van der Waals surface area (Å²) in [6.07, 6.45) is 2.10. The first-order chi connectivity index (χ1) is 11.1. The fourth-order valence-electron chi connectivity index (χ4n) is 2.67. The van der Waals surface area contributed by atoms with Crippen molar-refractivity contribution in [1.82, 2.24) is 14.5 Å². The van der Waals surface area contributed by atoms with Crippen molar-refractivity contribution in [2.24, 2.45) is 0 Å². The first-order valence-corrected chi connectivity index (χ1v) is 7.65. The molecule has 0 unspecified atom stereocenters. The SMILES string of the molecule is CC(=O)N1CCc2c(ncn(CCOc3ccccc3)c2=O)C1. The molecule has 1 aliphatic heterocycles. The van der Waals surface area contributed by atoms with E-state index >= 15 is 0 Å². The van der Waals surface area contributed by atoms with Crippen molar-refractivity contribution in [3.05, 3.63) is 58.3 Å². The minimum atomic E-state index is -0.0325.